The van der Waals surface area contributed by atoms with Crippen LogP contribution in [0.15, 0.2) is 0 Å². The summed E-state index contributed by atoms with van der Waals surface area (Å²) in [7, 11) is 0. The van der Waals surface area contributed by atoms with Crippen LogP contribution in [0.5, 0.6) is 0 Å². The lowest BCUT2D eigenvalue weighted by atomic mass is 9.85. The zero-order valence-electron chi connectivity index (χ0n) is 14.5. The molecule has 2 N–H and O–H groups in total. The molecule has 0 bridgehead atoms. The molecule has 2 aliphatic heterocycles. The highest BCUT2D eigenvalue weighted by molar-refractivity contribution is 5.74. The molecule has 2 saturated heterocycles. The van der Waals surface area contributed by atoms with Crippen LogP contribution in [0.2, 0.25) is 0 Å². The molecule has 2 heterocycles. The summed E-state index contributed by atoms with van der Waals surface area (Å²) < 4.78 is 0. The summed E-state index contributed by atoms with van der Waals surface area (Å²) in [5, 5.41) is 12.6. The molecule has 5 heteroatoms. The molecule has 5 nitrogen and oxygen atoms in total. The van der Waals surface area contributed by atoms with Crippen LogP contribution in [0, 0.1) is 11.8 Å². The monoisotopic (exact) mass is 323 g/mol. The fourth-order valence-electron chi connectivity index (χ4n) is 4.33. The van der Waals surface area contributed by atoms with Crippen molar-refractivity contribution >= 4 is 6.03 Å². The molecule has 3 atom stereocenters. The van der Waals surface area contributed by atoms with Crippen molar-refractivity contribution in [3.05, 3.63) is 0 Å². The van der Waals surface area contributed by atoms with E-state index in [2.05, 4.69) is 17.1 Å². The second kappa shape index (κ2) is 7.84. The van der Waals surface area contributed by atoms with E-state index in [1.54, 1.807) is 0 Å². The predicted molar refractivity (Wildman–Crippen MR) is 91.3 cm³/mol. The summed E-state index contributed by atoms with van der Waals surface area (Å²) in [5.41, 5.74) is 0. The molecular formula is C18H33N3O2. The highest BCUT2D eigenvalue weighted by Crippen LogP contribution is 2.30. The van der Waals surface area contributed by atoms with Gasteiger partial charge in [0, 0.05) is 38.3 Å². The Bertz CT molecular complexity index is 400. The number of aliphatic hydroxyl groups excluding tert-OH is 1. The smallest absolute Gasteiger partial charge is 0.317 e. The Balaban J connectivity index is 1.47. The lowest BCUT2D eigenvalue weighted by molar-refractivity contribution is 0.0659. The maximum Gasteiger partial charge on any atom is 0.317 e. The number of aliphatic hydroxyl groups is 1. The van der Waals surface area contributed by atoms with Crippen molar-refractivity contribution in [3.63, 3.8) is 0 Å². The third-order valence-electron chi connectivity index (χ3n) is 6.20. The first-order valence-electron chi connectivity index (χ1n) is 9.57. The Kier molecular flexibility index (Phi) is 5.81. The van der Waals surface area contributed by atoms with E-state index >= 15 is 0 Å². The fourth-order valence-corrected chi connectivity index (χ4v) is 4.33. The average Bonchev–Trinajstić information content (AvgIpc) is 2.53. The topological polar surface area (TPSA) is 55.8 Å². The fraction of sp³-hybridized carbons (Fsp3) is 0.944. The maximum atomic E-state index is 12.5. The standard InChI is InChI=1S/C18H33N3O2/c1-14(16-6-4-9-20(12-16)17-7-2-8-17)19-18(23)21-10-3-5-15(11-21)13-22/h14-17,22H,2-13H2,1H3,(H,19,23). The molecule has 23 heavy (non-hydrogen) atoms. The quantitative estimate of drug-likeness (QED) is 0.832. The zero-order chi connectivity index (χ0) is 16.2. The molecule has 1 saturated carbocycles. The van der Waals surface area contributed by atoms with Crippen LogP contribution in [0.1, 0.15) is 51.9 Å². The molecule has 132 valence electrons. The predicted octanol–water partition coefficient (Wildman–Crippen LogP) is 2.05. The summed E-state index contributed by atoms with van der Waals surface area (Å²) in [6.07, 6.45) is 8.65. The van der Waals surface area contributed by atoms with Crippen LogP contribution >= 0.6 is 0 Å². The number of rotatable bonds is 4. The van der Waals surface area contributed by atoms with Gasteiger partial charge in [-0.05, 0) is 63.8 Å². The molecule has 1 aliphatic carbocycles. The zero-order valence-corrected chi connectivity index (χ0v) is 14.5. The lowest BCUT2D eigenvalue weighted by Crippen LogP contribution is -2.54. The minimum absolute atomic E-state index is 0.0661. The van der Waals surface area contributed by atoms with Crippen LogP contribution in [0.4, 0.5) is 4.79 Å². The summed E-state index contributed by atoms with van der Waals surface area (Å²) in [5.74, 6) is 0.834. The van der Waals surface area contributed by atoms with Crippen LogP contribution in [0.3, 0.4) is 0 Å². The average molecular weight is 323 g/mol. The van der Waals surface area contributed by atoms with Gasteiger partial charge in [0.15, 0.2) is 0 Å². The van der Waals surface area contributed by atoms with Gasteiger partial charge < -0.3 is 20.2 Å². The number of likely N-dealkylation sites (tertiary alicyclic amines) is 2. The molecular weight excluding hydrogens is 290 g/mol. The van der Waals surface area contributed by atoms with Gasteiger partial charge in [-0.3, -0.25) is 0 Å². The summed E-state index contributed by atoms with van der Waals surface area (Å²) in [4.78, 5) is 17.1. The number of piperidine rings is 2. The van der Waals surface area contributed by atoms with E-state index in [1.165, 1.54) is 38.6 Å². The summed E-state index contributed by atoms with van der Waals surface area (Å²) >= 11 is 0. The second-order valence-corrected chi connectivity index (χ2v) is 7.86. The van der Waals surface area contributed by atoms with Gasteiger partial charge in [-0.1, -0.05) is 6.42 Å². The molecule has 3 fully saturated rings. The van der Waals surface area contributed by atoms with Crippen LogP contribution in [0.25, 0.3) is 0 Å². The number of amides is 2. The van der Waals surface area contributed by atoms with Gasteiger partial charge in [-0.25, -0.2) is 4.79 Å². The van der Waals surface area contributed by atoms with Crippen molar-refractivity contribution < 1.29 is 9.90 Å². The normalized spacial score (nSPS) is 31.5. The second-order valence-electron chi connectivity index (χ2n) is 7.86. The van der Waals surface area contributed by atoms with Crippen LogP contribution in [-0.2, 0) is 0 Å². The molecule has 0 aromatic rings. The van der Waals surface area contributed by atoms with E-state index in [0.717, 1.165) is 32.0 Å². The molecule has 0 spiro atoms. The number of nitrogens with zero attached hydrogens (tertiary/aromatic N) is 2. The van der Waals surface area contributed by atoms with E-state index in [4.69, 9.17) is 0 Å². The third kappa shape index (κ3) is 4.18. The molecule has 0 radical (unpaired) electrons. The minimum atomic E-state index is 0.0661. The largest absolute Gasteiger partial charge is 0.396 e. The van der Waals surface area contributed by atoms with Crippen LogP contribution in [-0.4, -0.2) is 65.8 Å². The number of carbonyl (C=O) groups is 1. The molecule has 3 unspecified atom stereocenters. The maximum absolute atomic E-state index is 12.5. The van der Waals surface area contributed by atoms with E-state index < -0.39 is 0 Å². The Morgan fingerprint density at radius 2 is 1.91 bits per heavy atom. The number of hydrogen-bond acceptors (Lipinski definition) is 3. The Morgan fingerprint density at radius 1 is 1.13 bits per heavy atom. The Labute approximate surface area is 140 Å². The number of carbonyl (C=O) groups excluding carboxylic acids is 1. The molecule has 3 rings (SSSR count). The first-order valence-corrected chi connectivity index (χ1v) is 9.57. The first-order chi connectivity index (χ1) is 11.2. The van der Waals surface area contributed by atoms with E-state index in [-0.39, 0.29) is 24.6 Å². The van der Waals surface area contributed by atoms with E-state index in [0.29, 0.717) is 12.5 Å². The molecule has 2 amide bonds. The van der Waals surface area contributed by atoms with Crippen molar-refractivity contribution in [3.8, 4) is 0 Å². The summed E-state index contributed by atoms with van der Waals surface area (Å²) in [6, 6.07) is 1.12. The first kappa shape index (κ1) is 17.0. The number of hydrogen-bond donors (Lipinski definition) is 2. The third-order valence-corrected chi connectivity index (χ3v) is 6.20. The van der Waals surface area contributed by atoms with Crippen LogP contribution < -0.4 is 5.32 Å². The van der Waals surface area contributed by atoms with Gasteiger partial charge in [0.2, 0.25) is 0 Å². The molecule has 0 aromatic carbocycles. The van der Waals surface area contributed by atoms with Crippen molar-refractivity contribution in [1.29, 1.82) is 0 Å². The Morgan fingerprint density at radius 3 is 2.61 bits per heavy atom. The molecule has 3 aliphatic rings. The van der Waals surface area contributed by atoms with Gasteiger partial charge in [-0.15, -0.1) is 0 Å². The van der Waals surface area contributed by atoms with Gasteiger partial charge >= 0.3 is 6.03 Å². The van der Waals surface area contributed by atoms with Crippen molar-refractivity contribution in [2.75, 3.05) is 32.8 Å². The minimum Gasteiger partial charge on any atom is -0.396 e. The van der Waals surface area contributed by atoms with Gasteiger partial charge in [-0.2, -0.15) is 0 Å². The molecule has 0 aromatic heterocycles. The summed E-state index contributed by atoms with van der Waals surface area (Å²) in [6.45, 7) is 6.28. The van der Waals surface area contributed by atoms with Gasteiger partial charge in [0.05, 0.1) is 0 Å². The Hall–Kier alpha value is -0.810. The van der Waals surface area contributed by atoms with E-state index in [1.807, 2.05) is 4.90 Å². The van der Waals surface area contributed by atoms with Gasteiger partial charge in [0.1, 0.15) is 0 Å². The highest BCUT2D eigenvalue weighted by Gasteiger charge is 2.32. The lowest BCUT2D eigenvalue weighted by Gasteiger charge is -2.44. The SMILES string of the molecule is CC(NC(=O)N1CCCC(CO)C1)C1CCCN(C2CCC2)C1. The van der Waals surface area contributed by atoms with Crippen molar-refractivity contribution in [2.24, 2.45) is 11.8 Å². The van der Waals surface area contributed by atoms with E-state index in [9.17, 15) is 9.90 Å². The van der Waals surface area contributed by atoms with Crippen molar-refractivity contribution in [2.45, 2.75) is 64.0 Å². The number of nitrogens with one attached hydrogen (secondary N) is 1. The highest BCUT2D eigenvalue weighted by atomic mass is 16.3. The number of urea groups is 1. The van der Waals surface area contributed by atoms with Gasteiger partial charge in [0.25, 0.3) is 0 Å². The van der Waals surface area contributed by atoms with Crippen molar-refractivity contribution in [1.82, 2.24) is 15.1 Å².